The van der Waals surface area contributed by atoms with Crippen LogP contribution in [-0.2, 0) is 0 Å². The Morgan fingerprint density at radius 1 is 1.53 bits per heavy atom. The number of hydrogen-bond acceptors (Lipinski definition) is 3. The molecule has 0 spiro atoms. The number of nitrogens with zero attached hydrogens (tertiary/aromatic N) is 2. The molecule has 3 nitrogen and oxygen atoms in total. The van der Waals surface area contributed by atoms with Crippen molar-refractivity contribution in [3.05, 3.63) is 29.6 Å². The first-order valence-electron chi connectivity index (χ1n) is 4.69. The van der Waals surface area contributed by atoms with Gasteiger partial charge in [-0.15, -0.1) is 0 Å². The van der Waals surface area contributed by atoms with Gasteiger partial charge in [-0.1, -0.05) is 0 Å². The van der Waals surface area contributed by atoms with Crippen molar-refractivity contribution in [2.75, 3.05) is 18.0 Å². The Balaban J connectivity index is 2.21. The van der Waals surface area contributed by atoms with E-state index in [1.165, 1.54) is 6.07 Å². The van der Waals surface area contributed by atoms with E-state index >= 15 is 0 Å². The lowest BCUT2D eigenvalue weighted by atomic mass is 9.96. The van der Waals surface area contributed by atoms with E-state index in [9.17, 15) is 9.50 Å². The predicted octanol–water partition coefficient (Wildman–Crippen LogP) is 1.27. The van der Waals surface area contributed by atoms with Gasteiger partial charge in [0.2, 0.25) is 0 Å². The summed E-state index contributed by atoms with van der Waals surface area (Å²) < 4.78 is 13.5. The molecule has 0 saturated carbocycles. The van der Waals surface area contributed by atoms with Gasteiger partial charge in [-0.25, -0.2) is 4.39 Å². The fourth-order valence-corrected chi connectivity index (χ4v) is 1.78. The smallest absolute Gasteiger partial charge is 0.147 e. The number of benzene rings is 1. The maximum absolute atomic E-state index is 13.5. The number of hydrogen-bond donors (Lipinski definition) is 1. The maximum Gasteiger partial charge on any atom is 0.147 e. The minimum Gasteiger partial charge on any atom is -0.386 e. The number of rotatable bonds is 1. The number of β-amino-alcohol motifs (C(OH)–C–C–N with tert-alkyl or cyclic N) is 1. The highest BCUT2D eigenvalue weighted by Gasteiger charge is 2.37. The normalized spacial score (nSPS) is 18.1. The highest BCUT2D eigenvalue weighted by atomic mass is 19.1. The van der Waals surface area contributed by atoms with Gasteiger partial charge in [-0.05, 0) is 25.1 Å². The third kappa shape index (κ3) is 1.79. The van der Waals surface area contributed by atoms with Crippen LogP contribution in [0.2, 0.25) is 0 Å². The van der Waals surface area contributed by atoms with Gasteiger partial charge in [-0.3, -0.25) is 0 Å². The second kappa shape index (κ2) is 3.21. The molecule has 1 N–H and O–H groups in total. The third-order valence-corrected chi connectivity index (χ3v) is 2.48. The van der Waals surface area contributed by atoms with Crippen molar-refractivity contribution in [2.24, 2.45) is 0 Å². The lowest BCUT2D eigenvalue weighted by molar-refractivity contribution is 0.0306. The Morgan fingerprint density at radius 2 is 2.20 bits per heavy atom. The van der Waals surface area contributed by atoms with Crippen molar-refractivity contribution < 1.29 is 9.50 Å². The fraction of sp³-hybridized carbons (Fsp3) is 0.364. The minimum atomic E-state index is -0.722. The van der Waals surface area contributed by atoms with E-state index < -0.39 is 11.4 Å². The van der Waals surface area contributed by atoms with Gasteiger partial charge in [0.05, 0.1) is 22.9 Å². The molecule has 1 aromatic rings. The quantitative estimate of drug-likeness (QED) is 0.752. The van der Waals surface area contributed by atoms with Crippen LogP contribution in [0.15, 0.2) is 18.2 Å². The summed E-state index contributed by atoms with van der Waals surface area (Å²) in [5.74, 6) is -0.412. The van der Waals surface area contributed by atoms with Gasteiger partial charge in [0.25, 0.3) is 0 Å². The summed E-state index contributed by atoms with van der Waals surface area (Å²) >= 11 is 0. The lowest BCUT2D eigenvalue weighted by Gasteiger charge is -2.45. The molecule has 1 aromatic carbocycles. The van der Waals surface area contributed by atoms with E-state index in [1.54, 1.807) is 24.0 Å². The Labute approximate surface area is 87.4 Å². The molecule has 1 fully saturated rings. The minimum absolute atomic E-state index is 0.309. The average molecular weight is 206 g/mol. The molecule has 78 valence electrons. The van der Waals surface area contributed by atoms with Crippen molar-refractivity contribution in [3.63, 3.8) is 0 Å². The second-order valence-corrected chi connectivity index (χ2v) is 4.13. The van der Waals surface area contributed by atoms with Crippen LogP contribution < -0.4 is 4.90 Å². The van der Waals surface area contributed by atoms with E-state index in [4.69, 9.17) is 5.26 Å². The zero-order valence-corrected chi connectivity index (χ0v) is 8.37. The Bertz CT molecular complexity index is 429. The van der Waals surface area contributed by atoms with Crippen molar-refractivity contribution in [1.82, 2.24) is 0 Å². The molecule has 15 heavy (non-hydrogen) atoms. The molecule has 0 aromatic heterocycles. The Kier molecular flexibility index (Phi) is 2.13. The van der Waals surface area contributed by atoms with E-state index in [2.05, 4.69) is 0 Å². The molecule has 4 heteroatoms. The molecule has 0 unspecified atom stereocenters. The number of nitriles is 1. The molecular weight excluding hydrogens is 195 g/mol. The van der Waals surface area contributed by atoms with Crippen LogP contribution in [-0.4, -0.2) is 23.8 Å². The molecule has 0 aliphatic carbocycles. The maximum atomic E-state index is 13.5. The third-order valence-electron chi connectivity index (χ3n) is 2.48. The first kappa shape index (κ1) is 9.94. The molecule has 1 saturated heterocycles. The topological polar surface area (TPSA) is 47.3 Å². The van der Waals surface area contributed by atoms with Gasteiger partial charge in [0.15, 0.2) is 0 Å². The summed E-state index contributed by atoms with van der Waals surface area (Å²) in [5.41, 5.74) is 0.0319. The first-order chi connectivity index (χ1) is 7.02. The SMILES string of the molecule is CC1(O)CN(c2ccc(C#N)cc2F)C1. The molecule has 1 aliphatic heterocycles. The van der Waals surface area contributed by atoms with Crippen LogP contribution in [0, 0.1) is 17.1 Å². The van der Waals surface area contributed by atoms with Crippen LogP contribution in [0.4, 0.5) is 10.1 Å². The van der Waals surface area contributed by atoms with Crippen molar-refractivity contribution in [2.45, 2.75) is 12.5 Å². The molecule has 0 radical (unpaired) electrons. The molecule has 2 rings (SSSR count). The van der Waals surface area contributed by atoms with Gasteiger partial charge >= 0.3 is 0 Å². The monoisotopic (exact) mass is 206 g/mol. The van der Waals surface area contributed by atoms with Gasteiger partial charge in [0, 0.05) is 13.1 Å². The van der Waals surface area contributed by atoms with Crippen LogP contribution in [0.5, 0.6) is 0 Å². The zero-order valence-electron chi connectivity index (χ0n) is 8.37. The van der Waals surface area contributed by atoms with Gasteiger partial charge in [0.1, 0.15) is 5.82 Å². The van der Waals surface area contributed by atoms with Gasteiger partial charge < -0.3 is 10.0 Å². The van der Waals surface area contributed by atoms with Crippen LogP contribution >= 0.6 is 0 Å². The second-order valence-electron chi connectivity index (χ2n) is 4.13. The van der Waals surface area contributed by atoms with E-state index in [1.807, 2.05) is 6.07 Å². The zero-order chi connectivity index (χ0) is 11.1. The summed E-state index contributed by atoms with van der Waals surface area (Å²) in [6.07, 6.45) is 0. The van der Waals surface area contributed by atoms with Crippen LogP contribution in [0.25, 0.3) is 0 Å². The molecule has 0 amide bonds. The summed E-state index contributed by atoms with van der Waals surface area (Å²) in [4.78, 5) is 1.75. The summed E-state index contributed by atoms with van der Waals surface area (Å²) in [6.45, 7) is 2.57. The van der Waals surface area contributed by atoms with Crippen LogP contribution in [0.1, 0.15) is 12.5 Å². The molecule has 0 atom stereocenters. The summed E-state index contributed by atoms with van der Waals surface area (Å²) in [5, 5.41) is 18.1. The molecular formula is C11H11FN2O. The molecule has 0 bridgehead atoms. The fourth-order valence-electron chi connectivity index (χ4n) is 1.78. The van der Waals surface area contributed by atoms with E-state index in [-0.39, 0.29) is 0 Å². The van der Waals surface area contributed by atoms with Crippen molar-refractivity contribution in [1.29, 1.82) is 5.26 Å². The summed E-state index contributed by atoms with van der Waals surface area (Å²) in [6, 6.07) is 6.24. The molecule has 1 heterocycles. The highest BCUT2D eigenvalue weighted by Crippen LogP contribution is 2.29. The highest BCUT2D eigenvalue weighted by molar-refractivity contribution is 5.54. The number of aliphatic hydroxyl groups is 1. The number of halogens is 1. The van der Waals surface area contributed by atoms with Crippen molar-refractivity contribution in [3.8, 4) is 6.07 Å². The van der Waals surface area contributed by atoms with Crippen LogP contribution in [0.3, 0.4) is 0 Å². The molecule has 1 aliphatic rings. The average Bonchev–Trinajstić information content (AvgIpc) is 2.14. The van der Waals surface area contributed by atoms with E-state index in [0.717, 1.165) is 0 Å². The van der Waals surface area contributed by atoms with Crippen molar-refractivity contribution >= 4 is 5.69 Å². The Morgan fingerprint density at radius 3 is 2.67 bits per heavy atom. The van der Waals surface area contributed by atoms with Gasteiger partial charge in [-0.2, -0.15) is 5.26 Å². The Hall–Kier alpha value is -1.60. The summed E-state index contributed by atoms with van der Waals surface area (Å²) in [7, 11) is 0. The predicted molar refractivity (Wildman–Crippen MR) is 54.0 cm³/mol. The standard InChI is InChI=1S/C11H11FN2O/c1-11(15)6-14(7-11)10-3-2-8(5-13)4-9(10)12/h2-4,15H,6-7H2,1H3. The largest absolute Gasteiger partial charge is 0.386 e. The number of anilines is 1. The first-order valence-corrected chi connectivity index (χ1v) is 4.69. The lowest BCUT2D eigenvalue weighted by Crippen LogP contribution is -2.60. The van der Waals surface area contributed by atoms with E-state index in [0.29, 0.717) is 24.3 Å².